The number of rotatable bonds is 4. The van der Waals surface area contributed by atoms with Gasteiger partial charge in [-0.15, -0.1) is 0 Å². The van der Waals surface area contributed by atoms with E-state index in [0.29, 0.717) is 0 Å². The number of likely N-dealkylation sites (N-methyl/N-ethyl adjacent to an activating group) is 1. The van der Waals surface area contributed by atoms with Crippen molar-refractivity contribution in [1.29, 1.82) is 0 Å². The van der Waals surface area contributed by atoms with E-state index in [2.05, 4.69) is 41.0 Å². The first-order valence-electron chi connectivity index (χ1n) is 6.55. The Morgan fingerprint density at radius 1 is 1.06 bits per heavy atom. The van der Waals surface area contributed by atoms with Crippen LogP contribution in [0.25, 0.3) is 0 Å². The van der Waals surface area contributed by atoms with Gasteiger partial charge in [0.15, 0.2) is 0 Å². The fourth-order valence-electron chi connectivity index (χ4n) is 2.37. The highest BCUT2D eigenvalue weighted by atomic mass is 15.3. The van der Waals surface area contributed by atoms with Crippen LogP contribution in [0.4, 0.5) is 0 Å². The molecule has 0 amide bonds. The van der Waals surface area contributed by atoms with E-state index in [1.54, 1.807) is 0 Å². The number of nitrogens with two attached hydrogens (primary N) is 1. The lowest BCUT2D eigenvalue weighted by atomic mass is 10.1. The van der Waals surface area contributed by atoms with Crippen molar-refractivity contribution in [2.45, 2.75) is 13.0 Å². The minimum absolute atomic E-state index is 0.143. The predicted octanol–water partition coefficient (Wildman–Crippen LogP) is 1.32. The maximum atomic E-state index is 6.24. The van der Waals surface area contributed by atoms with E-state index < -0.39 is 0 Å². The van der Waals surface area contributed by atoms with Crippen LogP contribution in [-0.2, 0) is 0 Å². The topological polar surface area (TPSA) is 32.5 Å². The number of hydrogen-bond acceptors (Lipinski definition) is 3. The normalized spacial score (nSPS) is 20.4. The molecule has 1 aromatic rings. The first-order valence-corrected chi connectivity index (χ1v) is 6.55. The Morgan fingerprint density at radius 2 is 1.65 bits per heavy atom. The van der Waals surface area contributed by atoms with Gasteiger partial charge in [-0.3, -0.25) is 4.90 Å². The highest BCUT2D eigenvalue weighted by Crippen LogP contribution is 2.12. The highest BCUT2D eigenvalue weighted by molar-refractivity contribution is 5.18. The fraction of sp³-hybridized carbons (Fsp3) is 0.571. The Kier molecular flexibility index (Phi) is 4.54. The molecule has 17 heavy (non-hydrogen) atoms. The van der Waals surface area contributed by atoms with E-state index in [9.17, 15) is 0 Å². The number of benzene rings is 1. The maximum absolute atomic E-state index is 6.24. The van der Waals surface area contributed by atoms with Gasteiger partial charge in [-0.25, -0.2) is 0 Å². The van der Waals surface area contributed by atoms with Gasteiger partial charge in [0.1, 0.15) is 0 Å². The summed E-state index contributed by atoms with van der Waals surface area (Å²) in [6.07, 6.45) is 0. The summed E-state index contributed by atoms with van der Waals surface area (Å²) in [7, 11) is 0. The van der Waals surface area contributed by atoms with E-state index in [-0.39, 0.29) is 6.04 Å². The molecule has 1 saturated heterocycles. The van der Waals surface area contributed by atoms with Gasteiger partial charge in [-0.1, -0.05) is 37.3 Å². The average Bonchev–Trinajstić information content (AvgIpc) is 2.40. The van der Waals surface area contributed by atoms with Crippen LogP contribution in [0.15, 0.2) is 30.3 Å². The number of hydrogen-bond donors (Lipinski definition) is 1. The molecule has 0 bridgehead atoms. The molecule has 2 rings (SSSR count). The lowest BCUT2D eigenvalue weighted by Gasteiger charge is -2.35. The van der Waals surface area contributed by atoms with Crippen LogP contribution in [0, 0.1) is 0 Å². The number of piperazine rings is 1. The van der Waals surface area contributed by atoms with Gasteiger partial charge in [-0.2, -0.15) is 0 Å². The summed E-state index contributed by atoms with van der Waals surface area (Å²) in [6, 6.07) is 10.5. The minimum atomic E-state index is 0.143. The molecule has 3 heteroatoms. The molecule has 0 radical (unpaired) electrons. The quantitative estimate of drug-likeness (QED) is 0.851. The van der Waals surface area contributed by atoms with E-state index in [1.807, 2.05) is 6.07 Å². The molecule has 0 saturated carbocycles. The Bertz CT molecular complexity index is 317. The third-order valence-corrected chi connectivity index (χ3v) is 3.59. The molecule has 1 atom stereocenters. The molecule has 94 valence electrons. The molecule has 1 aromatic carbocycles. The SMILES string of the molecule is CCN1CCN(C[C@@H](N)c2ccccc2)CC1. The molecule has 0 aromatic heterocycles. The van der Waals surface area contributed by atoms with Crippen LogP contribution >= 0.6 is 0 Å². The Morgan fingerprint density at radius 3 is 2.24 bits per heavy atom. The molecule has 2 N–H and O–H groups in total. The Hall–Kier alpha value is -0.900. The zero-order valence-corrected chi connectivity index (χ0v) is 10.7. The van der Waals surface area contributed by atoms with Gasteiger partial charge in [0.2, 0.25) is 0 Å². The van der Waals surface area contributed by atoms with Gasteiger partial charge >= 0.3 is 0 Å². The largest absolute Gasteiger partial charge is 0.323 e. The average molecular weight is 233 g/mol. The third-order valence-electron chi connectivity index (χ3n) is 3.59. The highest BCUT2D eigenvalue weighted by Gasteiger charge is 2.17. The first-order chi connectivity index (χ1) is 8.29. The van der Waals surface area contributed by atoms with E-state index in [0.717, 1.165) is 19.6 Å². The van der Waals surface area contributed by atoms with E-state index >= 15 is 0 Å². The Balaban J connectivity index is 1.82. The molecule has 3 nitrogen and oxygen atoms in total. The summed E-state index contributed by atoms with van der Waals surface area (Å²) in [5.74, 6) is 0. The maximum Gasteiger partial charge on any atom is 0.0424 e. The summed E-state index contributed by atoms with van der Waals surface area (Å²) in [5.41, 5.74) is 7.48. The van der Waals surface area contributed by atoms with Gasteiger partial charge in [-0.05, 0) is 12.1 Å². The zero-order valence-electron chi connectivity index (χ0n) is 10.7. The standard InChI is InChI=1S/C14H23N3/c1-2-16-8-10-17(11-9-16)12-14(15)13-6-4-3-5-7-13/h3-7,14H,2,8-12,15H2,1H3/t14-/m1/s1. The second-order valence-electron chi connectivity index (χ2n) is 4.75. The van der Waals surface area contributed by atoms with Crippen LogP contribution in [-0.4, -0.2) is 49.1 Å². The summed E-state index contributed by atoms with van der Waals surface area (Å²) in [5, 5.41) is 0. The van der Waals surface area contributed by atoms with E-state index in [1.165, 1.54) is 25.2 Å². The van der Waals surface area contributed by atoms with Crippen LogP contribution in [0.5, 0.6) is 0 Å². The van der Waals surface area contributed by atoms with E-state index in [4.69, 9.17) is 5.73 Å². The van der Waals surface area contributed by atoms with Crippen molar-refractivity contribution >= 4 is 0 Å². The fourth-order valence-corrected chi connectivity index (χ4v) is 2.37. The molecule has 1 heterocycles. The van der Waals surface area contributed by atoms with Crippen molar-refractivity contribution in [2.75, 3.05) is 39.3 Å². The van der Waals surface area contributed by atoms with Crippen molar-refractivity contribution in [1.82, 2.24) is 9.80 Å². The van der Waals surface area contributed by atoms with Crippen LogP contribution in [0.2, 0.25) is 0 Å². The Labute approximate surface area is 104 Å². The monoisotopic (exact) mass is 233 g/mol. The molecule has 0 aliphatic carbocycles. The van der Waals surface area contributed by atoms with Gasteiger partial charge < -0.3 is 10.6 Å². The smallest absolute Gasteiger partial charge is 0.0424 e. The lowest BCUT2D eigenvalue weighted by Crippen LogP contribution is -2.48. The first kappa shape index (κ1) is 12.6. The molecular weight excluding hydrogens is 210 g/mol. The van der Waals surface area contributed by atoms with Gasteiger partial charge in [0, 0.05) is 38.8 Å². The van der Waals surface area contributed by atoms with Crippen molar-refractivity contribution < 1.29 is 0 Å². The van der Waals surface area contributed by atoms with Gasteiger partial charge in [0.05, 0.1) is 0 Å². The summed E-state index contributed by atoms with van der Waals surface area (Å²) in [6.45, 7) is 9.02. The second kappa shape index (κ2) is 6.15. The second-order valence-corrected chi connectivity index (χ2v) is 4.75. The van der Waals surface area contributed by atoms with Crippen molar-refractivity contribution in [3.8, 4) is 0 Å². The minimum Gasteiger partial charge on any atom is -0.323 e. The van der Waals surface area contributed by atoms with Crippen LogP contribution in [0.1, 0.15) is 18.5 Å². The van der Waals surface area contributed by atoms with Gasteiger partial charge in [0.25, 0.3) is 0 Å². The number of nitrogens with zero attached hydrogens (tertiary/aromatic N) is 2. The molecule has 0 unspecified atom stereocenters. The van der Waals surface area contributed by atoms with Crippen molar-refractivity contribution in [3.05, 3.63) is 35.9 Å². The third kappa shape index (κ3) is 3.53. The summed E-state index contributed by atoms with van der Waals surface area (Å²) < 4.78 is 0. The molecule has 0 spiro atoms. The predicted molar refractivity (Wildman–Crippen MR) is 71.9 cm³/mol. The summed E-state index contributed by atoms with van der Waals surface area (Å²) in [4.78, 5) is 4.97. The van der Waals surface area contributed by atoms with Crippen molar-refractivity contribution in [3.63, 3.8) is 0 Å². The molecular formula is C14H23N3. The van der Waals surface area contributed by atoms with Crippen LogP contribution < -0.4 is 5.73 Å². The summed E-state index contributed by atoms with van der Waals surface area (Å²) >= 11 is 0. The molecule has 1 fully saturated rings. The zero-order chi connectivity index (χ0) is 12.1. The molecule has 1 aliphatic rings. The molecule has 1 aliphatic heterocycles. The lowest BCUT2D eigenvalue weighted by molar-refractivity contribution is 0.132. The van der Waals surface area contributed by atoms with Crippen molar-refractivity contribution in [2.24, 2.45) is 5.73 Å². The van der Waals surface area contributed by atoms with Crippen LogP contribution in [0.3, 0.4) is 0 Å².